The normalized spacial score (nSPS) is 46.0. The van der Waals surface area contributed by atoms with Gasteiger partial charge in [0.25, 0.3) is 0 Å². The number of ketones is 1. The third-order valence-corrected chi connectivity index (χ3v) is 10.3. The van der Waals surface area contributed by atoms with Crippen LogP contribution in [0.1, 0.15) is 78.6 Å². The minimum absolute atomic E-state index is 0.106. The number of nitrogens with one attached hydrogen (secondary N) is 2. The van der Waals surface area contributed by atoms with E-state index in [1.54, 1.807) is 14.0 Å². The lowest BCUT2D eigenvalue weighted by Gasteiger charge is -2.62. The quantitative estimate of drug-likeness (QED) is 0.404. The molecule has 4 rings (SSSR count). The molecular formula is C26H43N3O3. The summed E-state index contributed by atoms with van der Waals surface area (Å²) < 4.78 is 5.35. The second kappa shape index (κ2) is 8.83. The summed E-state index contributed by atoms with van der Waals surface area (Å²) in [6, 6.07) is 0. The van der Waals surface area contributed by atoms with Gasteiger partial charge >= 0.3 is 0 Å². The largest absolute Gasteiger partial charge is 0.387 e. The summed E-state index contributed by atoms with van der Waals surface area (Å²) in [6.45, 7) is 7.38. The third kappa shape index (κ3) is 3.96. The van der Waals surface area contributed by atoms with Crippen LogP contribution in [-0.4, -0.2) is 48.7 Å². The molecule has 0 radical (unpaired) electrons. The van der Waals surface area contributed by atoms with Crippen LogP contribution in [0.15, 0.2) is 5.10 Å². The molecule has 6 nitrogen and oxygen atoms in total. The highest BCUT2D eigenvalue weighted by molar-refractivity contribution is 6.28. The molecule has 0 bridgehead atoms. The molecular weight excluding hydrogens is 402 g/mol. The molecule has 8 unspecified atom stereocenters. The van der Waals surface area contributed by atoms with Crippen molar-refractivity contribution in [3.8, 4) is 0 Å². The number of methoxy groups -OCH3 is 1. The van der Waals surface area contributed by atoms with Gasteiger partial charge in [0.2, 0.25) is 0 Å². The summed E-state index contributed by atoms with van der Waals surface area (Å²) >= 11 is 0. The first kappa shape index (κ1) is 23.9. The predicted octanol–water partition coefficient (Wildman–Crippen LogP) is 4.21. The van der Waals surface area contributed by atoms with E-state index in [-0.39, 0.29) is 23.7 Å². The van der Waals surface area contributed by atoms with Crippen molar-refractivity contribution >= 4 is 17.7 Å². The molecule has 0 aromatic heterocycles. The number of hydrogen-bond donors (Lipinski definition) is 3. The Balaban J connectivity index is 1.46. The zero-order chi connectivity index (χ0) is 23.1. The van der Waals surface area contributed by atoms with Gasteiger partial charge < -0.3 is 20.7 Å². The first-order valence-electron chi connectivity index (χ1n) is 12.7. The Labute approximate surface area is 193 Å². The van der Waals surface area contributed by atoms with Crippen LogP contribution < -0.4 is 5.43 Å². The average molecular weight is 446 g/mol. The predicted molar refractivity (Wildman–Crippen MR) is 127 cm³/mol. The molecule has 6 heteroatoms. The highest BCUT2D eigenvalue weighted by Gasteiger charge is 2.62. The van der Waals surface area contributed by atoms with Gasteiger partial charge in [-0.05, 0) is 99.2 Å². The van der Waals surface area contributed by atoms with E-state index in [2.05, 4.69) is 24.4 Å². The van der Waals surface area contributed by atoms with Gasteiger partial charge in [-0.15, -0.1) is 0 Å². The molecule has 8 atom stereocenters. The molecule has 0 spiro atoms. The third-order valence-electron chi connectivity index (χ3n) is 10.3. The Morgan fingerprint density at radius 2 is 1.88 bits per heavy atom. The summed E-state index contributed by atoms with van der Waals surface area (Å²) in [7, 11) is 1.69. The summed E-state index contributed by atoms with van der Waals surface area (Å²) in [5.41, 5.74) is 3.25. The molecule has 4 aliphatic rings. The molecule has 0 aliphatic heterocycles. The van der Waals surface area contributed by atoms with Crippen LogP contribution >= 0.6 is 0 Å². The molecule has 4 aliphatic carbocycles. The van der Waals surface area contributed by atoms with Gasteiger partial charge in [0.05, 0.1) is 24.5 Å². The van der Waals surface area contributed by atoms with E-state index in [1.165, 1.54) is 31.9 Å². The maximum Gasteiger partial charge on any atom is 0.157 e. The van der Waals surface area contributed by atoms with Crippen molar-refractivity contribution < 1.29 is 14.6 Å². The minimum atomic E-state index is -0.647. The summed E-state index contributed by atoms with van der Waals surface area (Å²) in [5.74, 6) is 3.07. The lowest BCUT2D eigenvalue weighted by atomic mass is 9.44. The Kier molecular flexibility index (Phi) is 6.58. The van der Waals surface area contributed by atoms with E-state index < -0.39 is 5.60 Å². The standard InChI is InChI=1S/C26H43N3O3/c1-17(14-27)29-28-15-23(30)22-8-7-20-19-6-5-18-13-26(31,16-32-4)12-11-24(18,2)21(19)9-10-25(20,22)3/h14,18-22,27-28,31H,5-13,15-16H2,1-4H3. The highest BCUT2D eigenvalue weighted by atomic mass is 16.5. The van der Waals surface area contributed by atoms with Crippen LogP contribution in [0, 0.1) is 45.8 Å². The number of hydrogen-bond acceptors (Lipinski definition) is 6. The number of Topliss-reactive ketones (excluding diaryl/α,β-unsaturated/α-hetero) is 1. The van der Waals surface area contributed by atoms with Crippen LogP contribution in [0.3, 0.4) is 0 Å². The van der Waals surface area contributed by atoms with Crippen molar-refractivity contribution in [2.24, 2.45) is 45.5 Å². The van der Waals surface area contributed by atoms with Crippen LogP contribution in [-0.2, 0) is 9.53 Å². The Hall–Kier alpha value is -1.27. The van der Waals surface area contributed by atoms with Crippen LogP contribution in [0.4, 0.5) is 0 Å². The van der Waals surface area contributed by atoms with Gasteiger partial charge in [0.15, 0.2) is 5.78 Å². The molecule has 4 saturated carbocycles. The number of carbonyl (C=O) groups excluding carboxylic acids is 1. The number of ether oxygens (including phenoxy) is 1. The second-order valence-corrected chi connectivity index (χ2v) is 11.9. The van der Waals surface area contributed by atoms with E-state index >= 15 is 0 Å². The first-order chi connectivity index (χ1) is 15.2. The molecule has 32 heavy (non-hydrogen) atoms. The second-order valence-electron chi connectivity index (χ2n) is 11.9. The van der Waals surface area contributed by atoms with Gasteiger partial charge in [-0.1, -0.05) is 13.8 Å². The fourth-order valence-electron chi connectivity index (χ4n) is 8.65. The van der Waals surface area contributed by atoms with Gasteiger partial charge in [0.1, 0.15) is 0 Å². The highest BCUT2D eigenvalue weighted by Crippen LogP contribution is 2.68. The smallest absolute Gasteiger partial charge is 0.157 e. The van der Waals surface area contributed by atoms with E-state index in [1.807, 2.05) is 0 Å². The number of fused-ring (bicyclic) bond motifs is 5. The molecule has 0 aromatic rings. The minimum Gasteiger partial charge on any atom is -0.387 e. The zero-order valence-electron chi connectivity index (χ0n) is 20.5. The van der Waals surface area contributed by atoms with Gasteiger partial charge in [-0.25, -0.2) is 0 Å². The molecule has 4 fully saturated rings. The topological polar surface area (TPSA) is 94.8 Å². The van der Waals surface area contributed by atoms with E-state index in [0.29, 0.717) is 35.5 Å². The van der Waals surface area contributed by atoms with Crippen LogP contribution in [0.5, 0.6) is 0 Å². The van der Waals surface area contributed by atoms with Crippen molar-refractivity contribution in [1.82, 2.24) is 5.43 Å². The molecule has 180 valence electrons. The first-order valence-corrected chi connectivity index (χ1v) is 12.7. The summed E-state index contributed by atoms with van der Waals surface area (Å²) in [4.78, 5) is 13.1. The lowest BCUT2D eigenvalue weighted by molar-refractivity contribution is -0.164. The fourth-order valence-corrected chi connectivity index (χ4v) is 8.65. The SMILES string of the molecule is COCC1(O)CCC2(C)C(CCC3C2CCC2(C)C(C(=O)CNN=C(C)C=N)CCC32)C1. The van der Waals surface area contributed by atoms with Crippen LogP contribution in [0.2, 0.25) is 0 Å². The van der Waals surface area contributed by atoms with E-state index in [4.69, 9.17) is 10.1 Å². The van der Waals surface area contributed by atoms with Gasteiger partial charge in [-0.3, -0.25) is 4.79 Å². The van der Waals surface area contributed by atoms with E-state index in [9.17, 15) is 9.90 Å². The fraction of sp³-hybridized carbons (Fsp3) is 0.885. The van der Waals surface area contributed by atoms with Gasteiger partial charge in [-0.2, -0.15) is 5.10 Å². The van der Waals surface area contributed by atoms with Crippen molar-refractivity contribution in [3.05, 3.63) is 0 Å². The monoisotopic (exact) mass is 445 g/mol. The van der Waals surface area contributed by atoms with Crippen LogP contribution in [0.25, 0.3) is 0 Å². The Morgan fingerprint density at radius 1 is 1.12 bits per heavy atom. The van der Waals surface area contributed by atoms with Crippen molar-refractivity contribution in [2.45, 2.75) is 84.2 Å². The molecule has 3 N–H and O–H groups in total. The molecule has 0 saturated heterocycles. The lowest BCUT2D eigenvalue weighted by Crippen LogP contribution is -2.57. The Morgan fingerprint density at radius 3 is 2.59 bits per heavy atom. The van der Waals surface area contributed by atoms with Crippen molar-refractivity contribution in [1.29, 1.82) is 5.41 Å². The van der Waals surface area contributed by atoms with Crippen molar-refractivity contribution in [2.75, 3.05) is 20.3 Å². The van der Waals surface area contributed by atoms with E-state index in [0.717, 1.165) is 38.0 Å². The number of rotatable bonds is 7. The number of nitrogens with zero attached hydrogens (tertiary/aromatic N) is 1. The number of aliphatic hydroxyl groups is 1. The maximum absolute atomic E-state index is 13.1. The molecule has 0 aromatic carbocycles. The maximum atomic E-state index is 13.1. The number of carbonyl (C=O) groups is 1. The van der Waals surface area contributed by atoms with Crippen molar-refractivity contribution in [3.63, 3.8) is 0 Å². The number of hydrazone groups is 1. The summed E-state index contributed by atoms with van der Waals surface area (Å²) in [5, 5.41) is 22.4. The van der Waals surface area contributed by atoms with Gasteiger partial charge in [0, 0.05) is 19.2 Å². The molecule has 0 heterocycles. The Bertz CT molecular complexity index is 769. The molecule has 0 amide bonds. The summed E-state index contributed by atoms with van der Waals surface area (Å²) in [6.07, 6.45) is 11.0. The average Bonchev–Trinajstić information content (AvgIpc) is 3.11. The zero-order valence-corrected chi connectivity index (χ0v) is 20.5.